The monoisotopic (exact) mass is 369 g/mol. The second kappa shape index (κ2) is 7.12. The molecular weight excluding hydrogens is 348 g/mol. The van der Waals surface area contributed by atoms with Gasteiger partial charge in [0.2, 0.25) is 5.91 Å². The van der Waals surface area contributed by atoms with Crippen molar-refractivity contribution < 1.29 is 13.6 Å². The van der Waals surface area contributed by atoms with Gasteiger partial charge in [-0.1, -0.05) is 0 Å². The van der Waals surface area contributed by atoms with E-state index in [1.807, 2.05) is 0 Å². The number of rotatable bonds is 4. The predicted octanol–water partition coefficient (Wildman–Crippen LogP) is 3.61. The molecule has 2 aromatic carbocycles. The zero-order valence-electron chi connectivity index (χ0n) is 14.8. The molecule has 1 aromatic heterocycles. The Balaban J connectivity index is 1.67. The summed E-state index contributed by atoms with van der Waals surface area (Å²) in [5.41, 5.74) is 9.14. The number of nitrogens with two attached hydrogens (primary N) is 1. The lowest BCUT2D eigenvalue weighted by molar-refractivity contribution is -0.130. The van der Waals surface area contributed by atoms with Crippen molar-refractivity contribution in [2.24, 2.45) is 5.73 Å². The van der Waals surface area contributed by atoms with Crippen molar-refractivity contribution in [2.75, 3.05) is 13.1 Å². The highest BCUT2D eigenvalue weighted by Crippen LogP contribution is 2.32. The molecule has 1 atom stereocenters. The number of benzene rings is 2. The van der Waals surface area contributed by atoms with Crippen LogP contribution in [0.4, 0.5) is 8.78 Å². The van der Waals surface area contributed by atoms with Crippen LogP contribution in [0.5, 0.6) is 0 Å². The number of hydrogen-bond acceptors (Lipinski definition) is 2. The summed E-state index contributed by atoms with van der Waals surface area (Å²) < 4.78 is 27.1. The lowest BCUT2D eigenvalue weighted by Gasteiger charge is -2.16. The van der Waals surface area contributed by atoms with Gasteiger partial charge in [0, 0.05) is 42.1 Å². The molecule has 4 nitrogen and oxygen atoms in total. The Morgan fingerprint density at radius 1 is 1.15 bits per heavy atom. The number of amides is 1. The van der Waals surface area contributed by atoms with E-state index in [4.69, 9.17) is 5.73 Å². The van der Waals surface area contributed by atoms with E-state index < -0.39 is 0 Å². The summed E-state index contributed by atoms with van der Waals surface area (Å²) in [6, 6.07) is 10.7. The minimum Gasteiger partial charge on any atom is -0.354 e. The molecule has 1 amide bonds. The van der Waals surface area contributed by atoms with Gasteiger partial charge in [0.15, 0.2) is 0 Å². The van der Waals surface area contributed by atoms with Crippen LogP contribution in [-0.2, 0) is 11.2 Å². The van der Waals surface area contributed by atoms with Crippen LogP contribution in [0, 0.1) is 11.6 Å². The third-order valence-corrected chi connectivity index (χ3v) is 5.17. The van der Waals surface area contributed by atoms with Gasteiger partial charge in [0.05, 0.1) is 0 Å². The van der Waals surface area contributed by atoms with Crippen molar-refractivity contribution in [1.29, 1.82) is 0 Å². The zero-order valence-corrected chi connectivity index (χ0v) is 14.8. The van der Waals surface area contributed by atoms with Crippen molar-refractivity contribution in [3.8, 4) is 11.3 Å². The van der Waals surface area contributed by atoms with Crippen molar-refractivity contribution in [2.45, 2.75) is 25.3 Å². The second-order valence-electron chi connectivity index (χ2n) is 7.06. The summed E-state index contributed by atoms with van der Waals surface area (Å²) in [4.78, 5) is 17.6. The molecule has 1 saturated heterocycles. The maximum Gasteiger partial charge on any atom is 0.222 e. The van der Waals surface area contributed by atoms with Crippen LogP contribution in [0.2, 0.25) is 0 Å². The molecule has 27 heavy (non-hydrogen) atoms. The Kier molecular flexibility index (Phi) is 4.66. The number of H-pyrrole nitrogens is 1. The Morgan fingerprint density at radius 2 is 1.89 bits per heavy atom. The topological polar surface area (TPSA) is 62.1 Å². The Morgan fingerprint density at radius 3 is 2.59 bits per heavy atom. The molecule has 1 aliphatic heterocycles. The SMILES string of the molecule is NC1CCN(C(=O)CCc2c(-c3ccc(F)cc3)[nH]c3ccc(F)cc23)C1. The van der Waals surface area contributed by atoms with Gasteiger partial charge in [-0.05, 0) is 66.4 Å². The van der Waals surface area contributed by atoms with E-state index in [2.05, 4.69) is 4.98 Å². The molecule has 3 aromatic rings. The Bertz CT molecular complexity index is 981. The number of fused-ring (bicyclic) bond motifs is 1. The maximum atomic E-state index is 13.8. The van der Waals surface area contributed by atoms with Crippen LogP contribution < -0.4 is 5.73 Å². The van der Waals surface area contributed by atoms with Gasteiger partial charge in [-0.25, -0.2) is 8.78 Å². The lowest BCUT2D eigenvalue weighted by Crippen LogP contribution is -2.32. The van der Waals surface area contributed by atoms with E-state index in [0.29, 0.717) is 25.9 Å². The maximum absolute atomic E-state index is 13.8. The first kappa shape index (κ1) is 17.7. The van der Waals surface area contributed by atoms with Crippen molar-refractivity contribution in [3.05, 3.63) is 59.7 Å². The van der Waals surface area contributed by atoms with Crippen LogP contribution in [0.1, 0.15) is 18.4 Å². The number of aromatic amines is 1. The summed E-state index contributed by atoms with van der Waals surface area (Å²) >= 11 is 0. The highest BCUT2D eigenvalue weighted by Gasteiger charge is 2.24. The Labute approximate surface area is 156 Å². The van der Waals surface area contributed by atoms with Gasteiger partial charge in [-0.15, -0.1) is 0 Å². The molecule has 1 aliphatic rings. The summed E-state index contributed by atoms with van der Waals surface area (Å²) in [6.07, 6.45) is 1.62. The van der Waals surface area contributed by atoms with Crippen LogP contribution in [0.15, 0.2) is 42.5 Å². The second-order valence-corrected chi connectivity index (χ2v) is 7.06. The fourth-order valence-corrected chi connectivity index (χ4v) is 3.75. The summed E-state index contributed by atoms with van der Waals surface area (Å²) in [5.74, 6) is -0.591. The molecule has 2 heterocycles. The first-order valence-electron chi connectivity index (χ1n) is 9.10. The molecule has 0 radical (unpaired) electrons. The van der Waals surface area contributed by atoms with Gasteiger partial charge >= 0.3 is 0 Å². The standard InChI is InChI=1S/C21H21F2N3O/c22-14-3-1-13(2-4-14)21-17(18-11-15(23)5-7-19(18)25-21)6-8-20(27)26-10-9-16(24)12-26/h1-5,7,11,16,25H,6,8-10,12,24H2. The fraction of sp³-hybridized carbons (Fsp3) is 0.286. The first-order chi connectivity index (χ1) is 13.0. The molecule has 140 valence electrons. The molecule has 0 spiro atoms. The zero-order chi connectivity index (χ0) is 19.0. The third-order valence-electron chi connectivity index (χ3n) is 5.17. The van der Waals surface area contributed by atoms with E-state index in [1.165, 1.54) is 24.3 Å². The number of nitrogens with zero attached hydrogens (tertiary/aromatic N) is 1. The number of aryl methyl sites for hydroxylation is 1. The molecule has 1 unspecified atom stereocenters. The molecule has 4 rings (SSSR count). The minimum atomic E-state index is -0.328. The highest BCUT2D eigenvalue weighted by molar-refractivity contribution is 5.91. The van der Waals surface area contributed by atoms with Crippen LogP contribution in [0.25, 0.3) is 22.2 Å². The highest BCUT2D eigenvalue weighted by atomic mass is 19.1. The summed E-state index contributed by atoms with van der Waals surface area (Å²) in [6.45, 7) is 1.28. The van der Waals surface area contributed by atoms with E-state index >= 15 is 0 Å². The number of likely N-dealkylation sites (tertiary alicyclic amines) is 1. The molecular formula is C21H21F2N3O. The summed E-state index contributed by atoms with van der Waals surface area (Å²) in [7, 11) is 0. The molecule has 0 bridgehead atoms. The summed E-state index contributed by atoms with van der Waals surface area (Å²) in [5, 5.41) is 0.750. The number of aromatic nitrogens is 1. The van der Waals surface area contributed by atoms with Gasteiger partial charge < -0.3 is 15.6 Å². The molecule has 6 heteroatoms. The van der Waals surface area contributed by atoms with Crippen LogP contribution in [0.3, 0.4) is 0 Å². The average Bonchev–Trinajstić information content (AvgIpc) is 3.24. The molecule has 1 fully saturated rings. The van der Waals surface area contributed by atoms with E-state index in [0.717, 1.165) is 34.1 Å². The van der Waals surface area contributed by atoms with Gasteiger partial charge in [-0.3, -0.25) is 4.79 Å². The van der Waals surface area contributed by atoms with E-state index in [1.54, 1.807) is 23.1 Å². The van der Waals surface area contributed by atoms with Crippen molar-refractivity contribution in [1.82, 2.24) is 9.88 Å². The normalized spacial score (nSPS) is 17.0. The fourth-order valence-electron chi connectivity index (χ4n) is 3.75. The average molecular weight is 369 g/mol. The smallest absolute Gasteiger partial charge is 0.222 e. The lowest BCUT2D eigenvalue weighted by atomic mass is 10.0. The van der Waals surface area contributed by atoms with E-state index in [9.17, 15) is 13.6 Å². The molecule has 0 saturated carbocycles. The van der Waals surface area contributed by atoms with Gasteiger partial charge in [-0.2, -0.15) is 0 Å². The van der Waals surface area contributed by atoms with Gasteiger partial charge in [0.25, 0.3) is 0 Å². The molecule has 0 aliphatic carbocycles. The third kappa shape index (κ3) is 3.57. The van der Waals surface area contributed by atoms with E-state index in [-0.39, 0.29) is 23.6 Å². The van der Waals surface area contributed by atoms with Crippen molar-refractivity contribution >= 4 is 16.8 Å². The number of halogens is 2. The number of hydrogen-bond donors (Lipinski definition) is 2. The number of carbonyl (C=O) groups excluding carboxylic acids is 1. The van der Waals surface area contributed by atoms with Crippen molar-refractivity contribution in [3.63, 3.8) is 0 Å². The minimum absolute atomic E-state index is 0.0471. The molecule has 3 N–H and O–H groups in total. The first-order valence-corrected chi connectivity index (χ1v) is 9.10. The van der Waals surface area contributed by atoms with Crippen LogP contribution in [-0.4, -0.2) is 34.9 Å². The largest absolute Gasteiger partial charge is 0.354 e. The predicted molar refractivity (Wildman–Crippen MR) is 101 cm³/mol. The number of nitrogens with one attached hydrogen (secondary N) is 1. The quantitative estimate of drug-likeness (QED) is 0.738. The van der Waals surface area contributed by atoms with Gasteiger partial charge in [0.1, 0.15) is 11.6 Å². The van der Waals surface area contributed by atoms with Crippen LogP contribution >= 0.6 is 0 Å². The Hall–Kier alpha value is -2.73. The number of carbonyl (C=O) groups is 1.